The van der Waals surface area contributed by atoms with E-state index >= 15 is 0 Å². The number of halogens is 1. The minimum absolute atomic E-state index is 0.295. The lowest BCUT2D eigenvalue weighted by Crippen LogP contribution is -2.55. The lowest BCUT2D eigenvalue weighted by atomic mass is 9.89. The first-order chi connectivity index (χ1) is 11.2. The second kappa shape index (κ2) is 7.53. The Bertz CT molecular complexity index is 583. The van der Waals surface area contributed by atoms with Crippen LogP contribution in [0.25, 0.3) is 0 Å². The molecule has 3 atom stereocenters. The van der Waals surface area contributed by atoms with Crippen molar-refractivity contribution in [2.75, 3.05) is 18.0 Å². The van der Waals surface area contributed by atoms with Crippen molar-refractivity contribution in [1.29, 1.82) is 5.26 Å². The van der Waals surface area contributed by atoms with Crippen LogP contribution in [0, 0.1) is 11.3 Å². The van der Waals surface area contributed by atoms with E-state index in [0.717, 1.165) is 31.6 Å². The largest absolute Gasteiger partial charge is 0.370 e. The number of rotatable bonds is 3. The van der Waals surface area contributed by atoms with Gasteiger partial charge in [-0.1, -0.05) is 24.4 Å². The highest BCUT2D eigenvalue weighted by molar-refractivity contribution is 6.32. The van der Waals surface area contributed by atoms with Gasteiger partial charge in [-0.2, -0.15) is 5.26 Å². The zero-order valence-corrected chi connectivity index (χ0v) is 14.2. The molecule has 4 nitrogen and oxygen atoms in total. The Morgan fingerprint density at radius 2 is 2.04 bits per heavy atom. The van der Waals surface area contributed by atoms with Crippen molar-refractivity contribution in [3.63, 3.8) is 0 Å². The summed E-state index contributed by atoms with van der Waals surface area (Å²) in [5, 5.41) is 13.3. The minimum Gasteiger partial charge on any atom is -0.370 e. The molecule has 1 saturated heterocycles. The Balaban J connectivity index is 1.64. The third kappa shape index (κ3) is 3.98. The first-order valence-electron chi connectivity index (χ1n) is 8.63. The summed E-state index contributed by atoms with van der Waals surface area (Å²) in [7, 11) is 0. The quantitative estimate of drug-likeness (QED) is 0.893. The summed E-state index contributed by atoms with van der Waals surface area (Å²) >= 11 is 6.18. The number of hydrogen-bond donors (Lipinski definition) is 2. The highest BCUT2D eigenvalue weighted by Crippen LogP contribution is 2.26. The standard InChI is InChI=1S/C18H25ClN4/c19-16-10-15(8-7-13(16)11-20)23-9-3-4-14(12-23)22-18-6-2-1-5-17(18)21/h7-8,10,14,17-18,22H,1-6,9,12,21H2/t14?,17-,18-/m1/s1. The average Bonchev–Trinajstić information content (AvgIpc) is 2.57. The number of nitrogens with zero attached hydrogens (tertiary/aromatic N) is 2. The third-order valence-corrected chi connectivity index (χ3v) is 5.44. The normalized spacial score (nSPS) is 28.4. The zero-order chi connectivity index (χ0) is 16.2. The highest BCUT2D eigenvalue weighted by atomic mass is 35.5. The summed E-state index contributed by atoms with van der Waals surface area (Å²) in [6.07, 6.45) is 7.24. The molecular formula is C18H25ClN4. The van der Waals surface area contributed by atoms with Crippen molar-refractivity contribution in [3.8, 4) is 6.07 Å². The molecular weight excluding hydrogens is 308 g/mol. The van der Waals surface area contributed by atoms with Crippen LogP contribution >= 0.6 is 11.6 Å². The minimum atomic E-state index is 0.295. The molecule has 124 valence electrons. The summed E-state index contributed by atoms with van der Waals surface area (Å²) in [4.78, 5) is 2.36. The second-order valence-corrected chi connectivity index (χ2v) is 7.19. The molecule has 1 aliphatic carbocycles. The maximum absolute atomic E-state index is 9.00. The third-order valence-electron chi connectivity index (χ3n) is 5.13. The van der Waals surface area contributed by atoms with E-state index in [0.29, 0.717) is 28.7 Å². The van der Waals surface area contributed by atoms with Crippen LogP contribution in [-0.4, -0.2) is 31.2 Å². The van der Waals surface area contributed by atoms with E-state index in [1.54, 1.807) is 0 Å². The van der Waals surface area contributed by atoms with E-state index in [9.17, 15) is 0 Å². The van der Waals surface area contributed by atoms with Crippen LogP contribution in [0.4, 0.5) is 5.69 Å². The second-order valence-electron chi connectivity index (χ2n) is 6.78. The molecule has 2 fully saturated rings. The molecule has 1 aromatic rings. The van der Waals surface area contributed by atoms with Gasteiger partial charge in [-0.15, -0.1) is 0 Å². The molecule has 0 bridgehead atoms. The number of nitrogens with one attached hydrogen (secondary N) is 1. The number of benzene rings is 1. The fraction of sp³-hybridized carbons (Fsp3) is 0.611. The molecule has 0 spiro atoms. The summed E-state index contributed by atoms with van der Waals surface area (Å²) in [5.41, 5.74) is 7.91. The molecule has 1 aromatic carbocycles. The van der Waals surface area contributed by atoms with Crippen LogP contribution in [0.1, 0.15) is 44.1 Å². The highest BCUT2D eigenvalue weighted by Gasteiger charge is 2.27. The number of hydrogen-bond acceptors (Lipinski definition) is 4. The summed E-state index contributed by atoms with van der Waals surface area (Å²) < 4.78 is 0. The van der Waals surface area contributed by atoms with Crippen molar-refractivity contribution in [2.24, 2.45) is 5.73 Å². The lowest BCUT2D eigenvalue weighted by molar-refractivity contribution is 0.282. The molecule has 1 saturated carbocycles. The van der Waals surface area contributed by atoms with Crippen molar-refractivity contribution < 1.29 is 0 Å². The predicted octanol–water partition coefficient (Wildman–Crippen LogP) is 3.04. The maximum Gasteiger partial charge on any atom is 0.101 e. The van der Waals surface area contributed by atoms with E-state index in [4.69, 9.17) is 22.6 Å². The fourth-order valence-corrected chi connectivity index (χ4v) is 4.03. The first kappa shape index (κ1) is 16.6. The predicted molar refractivity (Wildman–Crippen MR) is 94.8 cm³/mol. The Labute approximate surface area is 143 Å². The number of piperidine rings is 1. The van der Waals surface area contributed by atoms with Crippen molar-refractivity contribution in [2.45, 2.75) is 56.7 Å². The van der Waals surface area contributed by atoms with Crippen LogP contribution in [0.15, 0.2) is 18.2 Å². The molecule has 0 amide bonds. The lowest BCUT2D eigenvalue weighted by Gasteiger charge is -2.39. The fourth-order valence-electron chi connectivity index (χ4n) is 3.81. The van der Waals surface area contributed by atoms with Gasteiger partial charge < -0.3 is 16.0 Å². The van der Waals surface area contributed by atoms with Gasteiger partial charge in [0.1, 0.15) is 6.07 Å². The van der Waals surface area contributed by atoms with Gasteiger partial charge in [0.15, 0.2) is 0 Å². The molecule has 0 radical (unpaired) electrons. The molecule has 1 heterocycles. The van der Waals surface area contributed by atoms with Crippen LogP contribution in [0.5, 0.6) is 0 Å². The first-order valence-corrected chi connectivity index (χ1v) is 9.01. The van der Waals surface area contributed by atoms with Crippen molar-refractivity contribution >= 4 is 17.3 Å². The van der Waals surface area contributed by atoms with E-state index in [1.165, 1.54) is 25.7 Å². The van der Waals surface area contributed by atoms with E-state index in [-0.39, 0.29) is 0 Å². The molecule has 0 aromatic heterocycles. The summed E-state index contributed by atoms with van der Waals surface area (Å²) in [6, 6.07) is 9.07. The topological polar surface area (TPSA) is 65.1 Å². The number of nitriles is 1. The van der Waals surface area contributed by atoms with Gasteiger partial charge in [0.25, 0.3) is 0 Å². The summed E-state index contributed by atoms with van der Waals surface area (Å²) in [6.45, 7) is 2.02. The Kier molecular flexibility index (Phi) is 5.42. The van der Waals surface area contributed by atoms with Gasteiger partial charge in [-0.05, 0) is 43.9 Å². The van der Waals surface area contributed by atoms with Gasteiger partial charge in [0.2, 0.25) is 0 Å². The molecule has 2 aliphatic rings. The summed E-state index contributed by atoms with van der Waals surface area (Å²) in [5.74, 6) is 0. The molecule has 1 aliphatic heterocycles. The molecule has 5 heteroatoms. The van der Waals surface area contributed by atoms with Crippen LogP contribution in [0.3, 0.4) is 0 Å². The Morgan fingerprint density at radius 3 is 2.78 bits per heavy atom. The van der Waals surface area contributed by atoms with Crippen molar-refractivity contribution in [3.05, 3.63) is 28.8 Å². The average molecular weight is 333 g/mol. The van der Waals surface area contributed by atoms with Gasteiger partial charge in [0.05, 0.1) is 10.6 Å². The van der Waals surface area contributed by atoms with E-state index < -0.39 is 0 Å². The van der Waals surface area contributed by atoms with Crippen LogP contribution in [-0.2, 0) is 0 Å². The number of nitrogens with two attached hydrogens (primary N) is 1. The monoisotopic (exact) mass is 332 g/mol. The molecule has 3 N–H and O–H groups in total. The Morgan fingerprint density at radius 1 is 1.22 bits per heavy atom. The van der Waals surface area contributed by atoms with Crippen LogP contribution in [0.2, 0.25) is 5.02 Å². The zero-order valence-electron chi connectivity index (χ0n) is 13.5. The maximum atomic E-state index is 9.00. The van der Waals surface area contributed by atoms with Gasteiger partial charge >= 0.3 is 0 Å². The van der Waals surface area contributed by atoms with E-state index in [1.807, 2.05) is 18.2 Å². The Hall–Kier alpha value is -1.28. The van der Waals surface area contributed by atoms with Crippen molar-refractivity contribution in [1.82, 2.24) is 5.32 Å². The molecule has 3 rings (SSSR count). The van der Waals surface area contributed by atoms with E-state index in [2.05, 4.69) is 16.3 Å². The smallest absolute Gasteiger partial charge is 0.101 e. The van der Waals surface area contributed by atoms with Gasteiger partial charge in [-0.25, -0.2) is 0 Å². The van der Waals surface area contributed by atoms with Gasteiger partial charge in [0, 0.05) is 36.9 Å². The van der Waals surface area contributed by atoms with Gasteiger partial charge in [-0.3, -0.25) is 0 Å². The SMILES string of the molecule is N#Cc1ccc(N2CCCC(N[C@@H]3CCCC[C@H]3N)C2)cc1Cl. The molecule has 23 heavy (non-hydrogen) atoms. The molecule has 1 unspecified atom stereocenters. The number of anilines is 1. The van der Waals surface area contributed by atoms with Crippen LogP contribution < -0.4 is 16.0 Å².